The molecule has 0 spiro atoms. The number of aliphatic hydroxyl groups is 1. The normalized spacial score (nSPS) is 31.3. The zero-order chi connectivity index (χ0) is 11.6. The SMILES string of the molecule is CC[C@@H]([NH2+][C@H]1CS(=O)(=O)C[C@@H]1O)C(=O)[O-]. The lowest BCUT2D eigenvalue weighted by atomic mass is 10.1. The van der Waals surface area contributed by atoms with Gasteiger partial charge in [0.05, 0.1) is 11.7 Å². The highest BCUT2D eigenvalue weighted by atomic mass is 32.2. The van der Waals surface area contributed by atoms with E-state index in [1.807, 2.05) is 0 Å². The summed E-state index contributed by atoms with van der Waals surface area (Å²) in [6.07, 6.45) is -0.644. The number of carboxylic acid groups (broad SMARTS) is 1. The van der Waals surface area contributed by atoms with E-state index in [0.29, 0.717) is 6.42 Å². The summed E-state index contributed by atoms with van der Waals surface area (Å²) in [6.45, 7) is 1.67. The maximum absolute atomic E-state index is 11.1. The number of carboxylic acids is 1. The third-order valence-electron chi connectivity index (χ3n) is 2.59. The molecule has 6 nitrogen and oxygen atoms in total. The van der Waals surface area contributed by atoms with Crippen molar-refractivity contribution < 1.29 is 28.7 Å². The number of nitrogens with two attached hydrogens (primary N) is 1. The van der Waals surface area contributed by atoms with Gasteiger partial charge in [-0.25, -0.2) is 8.42 Å². The van der Waals surface area contributed by atoms with E-state index >= 15 is 0 Å². The molecule has 1 aliphatic heterocycles. The van der Waals surface area contributed by atoms with Crippen molar-refractivity contribution in [2.24, 2.45) is 0 Å². The second-order valence-corrected chi connectivity index (χ2v) is 5.99. The van der Waals surface area contributed by atoms with Gasteiger partial charge in [0, 0.05) is 6.42 Å². The van der Waals surface area contributed by atoms with Crippen molar-refractivity contribution in [1.29, 1.82) is 0 Å². The first-order valence-electron chi connectivity index (χ1n) is 4.80. The zero-order valence-corrected chi connectivity index (χ0v) is 9.24. The molecule has 15 heavy (non-hydrogen) atoms. The van der Waals surface area contributed by atoms with Crippen molar-refractivity contribution in [1.82, 2.24) is 0 Å². The van der Waals surface area contributed by atoms with Crippen molar-refractivity contribution in [3.8, 4) is 0 Å². The average molecular weight is 237 g/mol. The van der Waals surface area contributed by atoms with E-state index < -0.39 is 34.0 Å². The Kier molecular flexibility index (Phi) is 3.69. The number of carbonyl (C=O) groups is 1. The highest BCUT2D eigenvalue weighted by Gasteiger charge is 2.40. The third kappa shape index (κ3) is 3.15. The van der Waals surface area contributed by atoms with Gasteiger partial charge >= 0.3 is 0 Å². The second-order valence-electron chi connectivity index (χ2n) is 3.83. The van der Waals surface area contributed by atoms with Crippen LogP contribution in [0.25, 0.3) is 0 Å². The van der Waals surface area contributed by atoms with E-state index in [-0.39, 0.29) is 11.5 Å². The predicted molar refractivity (Wildman–Crippen MR) is 49.5 cm³/mol. The van der Waals surface area contributed by atoms with Gasteiger partial charge in [-0.05, 0) is 0 Å². The van der Waals surface area contributed by atoms with Crippen molar-refractivity contribution in [2.45, 2.75) is 31.5 Å². The van der Waals surface area contributed by atoms with Crippen LogP contribution in [-0.2, 0) is 14.6 Å². The Morgan fingerprint density at radius 2 is 2.20 bits per heavy atom. The summed E-state index contributed by atoms with van der Waals surface area (Å²) in [4.78, 5) is 10.6. The third-order valence-corrected chi connectivity index (χ3v) is 4.33. The Labute approximate surface area is 88.2 Å². The molecule has 88 valence electrons. The molecule has 7 heteroatoms. The fourth-order valence-electron chi connectivity index (χ4n) is 1.72. The molecule has 0 aliphatic carbocycles. The molecule has 0 aromatic rings. The van der Waals surface area contributed by atoms with Crippen LogP contribution in [0.5, 0.6) is 0 Å². The number of hydrogen-bond acceptors (Lipinski definition) is 5. The smallest absolute Gasteiger partial charge is 0.159 e. The first kappa shape index (κ1) is 12.4. The van der Waals surface area contributed by atoms with Crippen LogP contribution in [0.2, 0.25) is 0 Å². The van der Waals surface area contributed by atoms with Gasteiger partial charge in [-0.15, -0.1) is 0 Å². The van der Waals surface area contributed by atoms with E-state index in [0.717, 1.165) is 0 Å². The molecule has 1 saturated heterocycles. The second kappa shape index (κ2) is 4.46. The van der Waals surface area contributed by atoms with Gasteiger partial charge in [0.1, 0.15) is 23.9 Å². The number of quaternary nitrogens is 1. The van der Waals surface area contributed by atoms with Gasteiger partial charge < -0.3 is 20.3 Å². The van der Waals surface area contributed by atoms with Gasteiger partial charge in [0.25, 0.3) is 0 Å². The lowest BCUT2D eigenvalue weighted by Crippen LogP contribution is -2.99. The van der Waals surface area contributed by atoms with Crippen LogP contribution in [-0.4, -0.2) is 49.2 Å². The van der Waals surface area contributed by atoms with E-state index in [9.17, 15) is 23.4 Å². The van der Waals surface area contributed by atoms with Crippen LogP contribution in [0.4, 0.5) is 0 Å². The average Bonchev–Trinajstić information content (AvgIpc) is 2.34. The summed E-state index contributed by atoms with van der Waals surface area (Å²) in [7, 11) is -3.22. The summed E-state index contributed by atoms with van der Waals surface area (Å²) in [5.74, 6) is -1.68. The van der Waals surface area contributed by atoms with Crippen molar-refractivity contribution in [3.63, 3.8) is 0 Å². The molecule has 1 fully saturated rings. The molecule has 0 aromatic heterocycles. The largest absolute Gasteiger partial charge is 0.544 e. The fourth-order valence-corrected chi connectivity index (χ4v) is 3.54. The van der Waals surface area contributed by atoms with Crippen LogP contribution in [0.15, 0.2) is 0 Å². The van der Waals surface area contributed by atoms with Gasteiger partial charge in [0.15, 0.2) is 9.84 Å². The number of carbonyl (C=O) groups excluding carboxylic acids is 1. The minimum Gasteiger partial charge on any atom is -0.544 e. The summed E-state index contributed by atoms with van der Waals surface area (Å²) >= 11 is 0. The lowest BCUT2D eigenvalue weighted by Gasteiger charge is -2.20. The van der Waals surface area contributed by atoms with E-state index in [1.165, 1.54) is 5.32 Å². The molecule has 0 radical (unpaired) electrons. The number of sulfone groups is 1. The minimum absolute atomic E-state index is 0.169. The number of aliphatic carboxylic acids is 1. The highest BCUT2D eigenvalue weighted by molar-refractivity contribution is 7.91. The van der Waals surface area contributed by atoms with Crippen LogP contribution in [0, 0.1) is 0 Å². The number of rotatable bonds is 4. The van der Waals surface area contributed by atoms with Gasteiger partial charge in [-0.2, -0.15) is 0 Å². The van der Waals surface area contributed by atoms with Gasteiger partial charge in [-0.1, -0.05) is 6.92 Å². The van der Waals surface area contributed by atoms with Crippen LogP contribution in [0.3, 0.4) is 0 Å². The van der Waals surface area contributed by atoms with E-state index in [1.54, 1.807) is 6.92 Å². The maximum atomic E-state index is 11.1. The predicted octanol–water partition coefficient (Wildman–Crippen LogP) is -3.76. The zero-order valence-electron chi connectivity index (χ0n) is 8.42. The van der Waals surface area contributed by atoms with Crippen LogP contribution in [0.1, 0.15) is 13.3 Å². The first-order valence-corrected chi connectivity index (χ1v) is 6.62. The fraction of sp³-hybridized carbons (Fsp3) is 0.875. The summed E-state index contributed by atoms with van der Waals surface area (Å²) < 4.78 is 22.3. The van der Waals surface area contributed by atoms with Crippen LogP contribution >= 0.6 is 0 Å². The Morgan fingerprint density at radius 1 is 1.60 bits per heavy atom. The van der Waals surface area contributed by atoms with E-state index in [4.69, 9.17) is 0 Å². The highest BCUT2D eigenvalue weighted by Crippen LogP contribution is 2.09. The minimum atomic E-state index is -3.22. The standard InChI is InChI=1S/C8H15NO5S/c1-2-5(8(11)12)9-6-3-15(13,14)4-7(6)10/h5-7,9-10H,2-4H2,1H3,(H,11,12)/t5-,6+,7+/m1/s1. The summed E-state index contributed by atoms with van der Waals surface area (Å²) in [5.41, 5.74) is 0. The molecule has 0 unspecified atom stereocenters. The Bertz CT molecular complexity index is 339. The molecule has 1 rings (SSSR count). The van der Waals surface area contributed by atoms with Crippen molar-refractivity contribution in [2.75, 3.05) is 11.5 Å². The number of aliphatic hydroxyl groups excluding tert-OH is 1. The molecule has 1 aliphatic rings. The molecule has 0 amide bonds. The van der Waals surface area contributed by atoms with Gasteiger partial charge in [0.2, 0.25) is 0 Å². The Morgan fingerprint density at radius 3 is 2.53 bits per heavy atom. The quantitative estimate of drug-likeness (QED) is 0.521. The molecular formula is C8H15NO5S. The Balaban J connectivity index is 2.63. The lowest BCUT2D eigenvalue weighted by molar-refractivity contribution is -0.716. The van der Waals surface area contributed by atoms with Gasteiger partial charge in [-0.3, -0.25) is 0 Å². The molecule has 3 atom stereocenters. The molecule has 0 aromatic carbocycles. The molecule has 1 heterocycles. The monoisotopic (exact) mass is 237 g/mol. The summed E-state index contributed by atoms with van der Waals surface area (Å²) in [5, 5.41) is 21.4. The molecule has 0 saturated carbocycles. The molecule has 0 bridgehead atoms. The van der Waals surface area contributed by atoms with Crippen molar-refractivity contribution in [3.05, 3.63) is 0 Å². The first-order chi connectivity index (χ1) is 6.85. The van der Waals surface area contributed by atoms with E-state index in [2.05, 4.69) is 0 Å². The molecule has 3 N–H and O–H groups in total. The van der Waals surface area contributed by atoms with Crippen LogP contribution < -0.4 is 10.4 Å². The van der Waals surface area contributed by atoms with Crippen molar-refractivity contribution >= 4 is 15.8 Å². The topological polar surface area (TPSA) is 111 Å². The molecular weight excluding hydrogens is 222 g/mol. The number of hydrogen-bond donors (Lipinski definition) is 2. The maximum Gasteiger partial charge on any atom is 0.159 e. The Hall–Kier alpha value is -0.660. The summed E-state index contributed by atoms with van der Waals surface area (Å²) in [6, 6.07) is -1.38.